The first kappa shape index (κ1) is 19.2. The van der Waals surface area contributed by atoms with Crippen LogP contribution in [0.2, 0.25) is 0 Å². The van der Waals surface area contributed by atoms with Gasteiger partial charge in [0.15, 0.2) is 0 Å². The third kappa shape index (κ3) is 7.42. The van der Waals surface area contributed by atoms with Crippen LogP contribution in [-0.2, 0) is 14.8 Å². The van der Waals surface area contributed by atoms with E-state index in [4.69, 9.17) is 10.5 Å². The number of rotatable bonds is 5. The highest BCUT2D eigenvalue weighted by atomic mass is 32.2. The number of carbonyl (C=O) groups excluding carboxylic acids is 1. The predicted octanol–water partition coefficient (Wildman–Crippen LogP) is 1.04. The third-order valence-electron chi connectivity index (χ3n) is 3.63. The molecule has 1 aliphatic heterocycles. The molecule has 0 bridgehead atoms. The molecule has 1 fully saturated rings. The molecule has 1 heterocycles. The Bertz CT molecular complexity index is 477. The number of nitrogens with two attached hydrogens (primary N) is 1. The summed E-state index contributed by atoms with van der Waals surface area (Å²) in [4.78, 5) is 13.7. The maximum absolute atomic E-state index is 12.0. The highest BCUT2D eigenvalue weighted by Crippen LogP contribution is 2.25. The molecule has 130 valence electrons. The number of nitrogens with zero attached hydrogens (tertiary/aromatic N) is 1. The van der Waals surface area contributed by atoms with Crippen molar-refractivity contribution in [2.75, 3.05) is 25.9 Å². The Labute approximate surface area is 133 Å². The van der Waals surface area contributed by atoms with Gasteiger partial charge in [-0.15, -0.1) is 0 Å². The number of hydrogen-bond donors (Lipinski definition) is 2. The van der Waals surface area contributed by atoms with Gasteiger partial charge in [0.1, 0.15) is 5.60 Å². The van der Waals surface area contributed by atoms with E-state index in [0.717, 1.165) is 12.7 Å². The van der Waals surface area contributed by atoms with Gasteiger partial charge in [0.05, 0.1) is 6.26 Å². The van der Waals surface area contributed by atoms with E-state index >= 15 is 0 Å². The second-order valence-corrected chi connectivity index (χ2v) is 8.93. The average Bonchev–Trinajstić information content (AvgIpc) is 2.32. The van der Waals surface area contributed by atoms with Crippen molar-refractivity contribution in [2.24, 2.45) is 5.73 Å². The first-order valence-corrected chi connectivity index (χ1v) is 9.51. The molecule has 0 atom stereocenters. The van der Waals surface area contributed by atoms with Crippen LogP contribution >= 0.6 is 0 Å². The van der Waals surface area contributed by atoms with Crippen molar-refractivity contribution >= 4 is 16.1 Å². The van der Waals surface area contributed by atoms with Crippen LogP contribution in [0.15, 0.2) is 0 Å². The smallest absolute Gasteiger partial charge is 0.410 e. The van der Waals surface area contributed by atoms with Gasteiger partial charge in [0, 0.05) is 25.2 Å². The molecule has 3 N–H and O–H groups in total. The van der Waals surface area contributed by atoms with Crippen LogP contribution < -0.4 is 10.5 Å². The van der Waals surface area contributed by atoms with Crippen molar-refractivity contribution in [3.8, 4) is 0 Å². The second-order valence-electron chi connectivity index (χ2n) is 7.10. The molecule has 0 aromatic heterocycles. The van der Waals surface area contributed by atoms with Crippen LogP contribution in [0.3, 0.4) is 0 Å². The molecule has 7 nitrogen and oxygen atoms in total. The van der Waals surface area contributed by atoms with E-state index in [9.17, 15) is 13.2 Å². The number of carbonyl (C=O) groups is 1. The summed E-state index contributed by atoms with van der Waals surface area (Å²) in [5.74, 6) is 0. The second kappa shape index (κ2) is 7.14. The van der Waals surface area contributed by atoms with Crippen molar-refractivity contribution in [1.82, 2.24) is 9.62 Å². The molecule has 22 heavy (non-hydrogen) atoms. The predicted molar refractivity (Wildman–Crippen MR) is 86.0 cm³/mol. The monoisotopic (exact) mass is 335 g/mol. The minimum atomic E-state index is -3.14. The van der Waals surface area contributed by atoms with E-state index in [1.807, 2.05) is 20.8 Å². The summed E-state index contributed by atoms with van der Waals surface area (Å²) in [6.07, 6.45) is 3.67. The maximum Gasteiger partial charge on any atom is 0.410 e. The van der Waals surface area contributed by atoms with E-state index < -0.39 is 15.6 Å². The third-order valence-corrected chi connectivity index (χ3v) is 4.36. The highest BCUT2D eigenvalue weighted by Gasteiger charge is 2.33. The average molecular weight is 335 g/mol. The van der Waals surface area contributed by atoms with E-state index in [-0.39, 0.29) is 11.6 Å². The Balaban J connectivity index is 2.35. The zero-order valence-electron chi connectivity index (χ0n) is 14.0. The van der Waals surface area contributed by atoms with Crippen molar-refractivity contribution in [1.29, 1.82) is 0 Å². The van der Waals surface area contributed by atoms with Crippen LogP contribution in [0, 0.1) is 0 Å². The van der Waals surface area contributed by atoms with E-state index in [0.29, 0.717) is 38.9 Å². The number of likely N-dealkylation sites (tertiary alicyclic amines) is 1. The van der Waals surface area contributed by atoms with E-state index in [1.165, 1.54) is 0 Å². The van der Waals surface area contributed by atoms with Crippen LogP contribution in [0.1, 0.15) is 46.5 Å². The molecule has 8 heteroatoms. The number of ether oxygens (including phenoxy) is 1. The number of amides is 1. The molecular weight excluding hydrogens is 306 g/mol. The molecule has 0 radical (unpaired) electrons. The molecule has 0 aliphatic carbocycles. The van der Waals surface area contributed by atoms with Crippen molar-refractivity contribution in [3.05, 3.63) is 0 Å². The Hall–Kier alpha value is -0.860. The first-order valence-electron chi connectivity index (χ1n) is 7.62. The SMILES string of the molecule is CC(C)(C)OC(=O)N1CCC(N)(CCCNS(C)(=O)=O)CC1. The van der Waals surface area contributed by atoms with Gasteiger partial charge >= 0.3 is 6.09 Å². The fourth-order valence-corrected chi connectivity index (χ4v) is 2.92. The van der Waals surface area contributed by atoms with Gasteiger partial charge in [0.2, 0.25) is 10.0 Å². The van der Waals surface area contributed by atoms with Crippen LogP contribution in [0.4, 0.5) is 4.79 Å². The first-order chi connectivity index (χ1) is 9.90. The minimum absolute atomic E-state index is 0.298. The van der Waals surface area contributed by atoms with Gasteiger partial charge in [-0.25, -0.2) is 17.9 Å². The molecule has 0 unspecified atom stereocenters. The lowest BCUT2D eigenvalue weighted by Crippen LogP contribution is -2.52. The van der Waals surface area contributed by atoms with Crippen molar-refractivity contribution < 1.29 is 17.9 Å². The minimum Gasteiger partial charge on any atom is -0.444 e. The number of hydrogen-bond acceptors (Lipinski definition) is 5. The molecule has 0 aromatic rings. The van der Waals surface area contributed by atoms with Gasteiger partial charge in [-0.3, -0.25) is 0 Å². The fourth-order valence-electron chi connectivity index (χ4n) is 2.41. The lowest BCUT2D eigenvalue weighted by Gasteiger charge is -2.39. The molecule has 1 saturated heterocycles. The Morgan fingerprint density at radius 3 is 2.32 bits per heavy atom. The molecule has 0 spiro atoms. The van der Waals surface area contributed by atoms with Crippen molar-refractivity contribution in [3.63, 3.8) is 0 Å². The zero-order chi connectivity index (χ0) is 17.0. The normalized spacial score (nSPS) is 19.0. The quantitative estimate of drug-likeness (QED) is 0.731. The van der Waals surface area contributed by atoms with Crippen LogP contribution in [0.5, 0.6) is 0 Å². The van der Waals surface area contributed by atoms with Gasteiger partial charge in [-0.05, 0) is 46.5 Å². The summed E-state index contributed by atoms with van der Waals surface area (Å²) in [5.41, 5.74) is 5.51. The molecule has 0 aromatic carbocycles. The standard InChI is InChI=1S/C14H29N3O4S/c1-13(2,3)21-12(18)17-10-7-14(15,8-11-17)6-5-9-16-22(4,19)20/h16H,5-11,15H2,1-4H3. The van der Waals surface area contributed by atoms with Crippen molar-refractivity contribution in [2.45, 2.75) is 57.6 Å². The van der Waals surface area contributed by atoms with Gasteiger partial charge in [-0.2, -0.15) is 0 Å². The lowest BCUT2D eigenvalue weighted by molar-refractivity contribution is 0.0164. The molecule has 1 amide bonds. The van der Waals surface area contributed by atoms with Gasteiger partial charge < -0.3 is 15.4 Å². The number of piperidine rings is 1. The summed E-state index contributed by atoms with van der Waals surface area (Å²) in [6, 6.07) is 0. The maximum atomic E-state index is 12.0. The summed E-state index contributed by atoms with van der Waals surface area (Å²) >= 11 is 0. The summed E-state index contributed by atoms with van der Waals surface area (Å²) < 4.78 is 29.8. The van der Waals surface area contributed by atoms with E-state index in [1.54, 1.807) is 4.90 Å². The summed E-state index contributed by atoms with van der Waals surface area (Å²) in [7, 11) is -3.14. The van der Waals surface area contributed by atoms with Gasteiger partial charge in [0.25, 0.3) is 0 Å². The van der Waals surface area contributed by atoms with Crippen LogP contribution in [0.25, 0.3) is 0 Å². The topological polar surface area (TPSA) is 102 Å². The molecule has 1 aliphatic rings. The lowest BCUT2D eigenvalue weighted by atomic mass is 9.84. The molecular formula is C14H29N3O4S. The number of sulfonamides is 1. The zero-order valence-corrected chi connectivity index (χ0v) is 14.8. The fraction of sp³-hybridized carbons (Fsp3) is 0.929. The highest BCUT2D eigenvalue weighted by molar-refractivity contribution is 7.88. The Kier molecular flexibility index (Phi) is 6.23. The largest absolute Gasteiger partial charge is 0.444 e. The molecule has 0 saturated carbocycles. The Morgan fingerprint density at radius 2 is 1.86 bits per heavy atom. The number of nitrogens with one attached hydrogen (secondary N) is 1. The summed E-state index contributed by atoms with van der Waals surface area (Å²) in [6.45, 7) is 7.08. The summed E-state index contributed by atoms with van der Waals surface area (Å²) in [5, 5.41) is 0. The van der Waals surface area contributed by atoms with Gasteiger partial charge in [-0.1, -0.05) is 0 Å². The molecule has 1 rings (SSSR count). The Morgan fingerprint density at radius 1 is 1.32 bits per heavy atom. The van der Waals surface area contributed by atoms with Crippen LogP contribution in [-0.4, -0.2) is 56.4 Å². The van der Waals surface area contributed by atoms with E-state index in [2.05, 4.69) is 4.72 Å².